The van der Waals surface area contributed by atoms with Gasteiger partial charge in [0.1, 0.15) is 10.6 Å². The van der Waals surface area contributed by atoms with E-state index in [2.05, 4.69) is 9.71 Å². The topological polar surface area (TPSA) is 68.3 Å². The lowest BCUT2D eigenvalue weighted by Crippen LogP contribution is -2.39. The highest BCUT2D eigenvalue weighted by molar-refractivity contribution is 7.89. The van der Waals surface area contributed by atoms with Crippen molar-refractivity contribution in [3.63, 3.8) is 0 Å². The monoisotopic (exact) mass is 310 g/mol. The van der Waals surface area contributed by atoms with E-state index in [0.717, 1.165) is 6.07 Å². The molecule has 0 saturated carbocycles. The van der Waals surface area contributed by atoms with E-state index in [9.17, 15) is 21.6 Å². The molecule has 1 aromatic rings. The van der Waals surface area contributed by atoms with Crippen molar-refractivity contribution in [2.24, 2.45) is 0 Å². The zero-order chi connectivity index (χ0) is 15.0. The van der Waals surface area contributed by atoms with Gasteiger partial charge in [0.15, 0.2) is 0 Å². The molecule has 9 heteroatoms. The van der Waals surface area contributed by atoms with Gasteiger partial charge in [0.25, 0.3) is 0 Å². The van der Waals surface area contributed by atoms with E-state index in [1.54, 1.807) is 6.92 Å². The molecule has 0 aliphatic carbocycles. The molecule has 2 heterocycles. The van der Waals surface area contributed by atoms with Crippen LogP contribution >= 0.6 is 0 Å². The Hall–Kier alpha value is -1.19. The Balaban J connectivity index is 2.17. The van der Waals surface area contributed by atoms with Crippen molar-refractivity contribution in [1.29, 1.82) is 0 Å². The fraction of sp³-hybridized carbons (Fsp3) is 0.545. The molecule has 5 nitrogen and oxygen atoms in total. The second kappa shape index (κ2) is 5.30. The Morgan fingerprint density at radius 3 is 2.55 bits per heavy atom. The summed E-state index contributed by atoms with van der Waals surface area (Å²) in [6.07, 6.45) is -3.64. The van der Waals surface area contributed by atoms with Gasteiger partial charge in [-0.15, -0.1) is 0 Å². The van der Waals surface area contributed by atoms with E-state index in [1.807, 2.05) is 0 Å². The third-order valence-electron chi connectivity index (χ3n) is 3.02. The first kappa shape index (κ1) is 15.2. The smallest absolute Gasteiger partial charge is 0.377 e. The first-order valence-electron chi connectivity index (χ1n) is 5.87. The lowest BCUT2D eigenvalue weighted by Gasteiger charge is -2.16. The van der Waals surface area contributed by atoms with Gasteiger partial charge in [-0.05, 0) is 25.5 Å². The van der Waals surface area contributed by atoms with E-state index in [-0.39, 0.29) is 17.0 Å². The molecule has 1 aliphatic rings. The third kappa shape index (κ3) is 3.28. The summed E-state index contributed by atoms with van der Waals surface area (Å²) in [6, 6.07) is 1.14. The molecule has 1 aromatic heterocycles. The van der Waals surface area contributed by atoms with Crippen molar-refractivity contribution in [1.82, 2.24) is 9.71 Å². The molecule has 2 atom stereocenters. The van der Waals surface area contributed by atoms with E-state index in [4.69, 9.17) is 4.74 Å². The van der Waals surface area contributed by atoms with E-state index >= 15 is 0 Å². The molecule has 2 rings (SSSR count). The zero-order valence-electron chi connectivity index (χ0n) is 10.5. The van der Waals surface area contributed by atoms with Gasteiger partial charge in [-0.2, -0.15) is 13.2 Å². The van der Waals surface area contributed by atoms with Crippen LogP contribution in [0.5, 0.6) is 0 Å². The summed E-state index contributed by atoms with van der Waals surface area (Å²) >= 11 is 0. The molecule has 20 heavy (non-hydrogen) atoms. The van der Waals surface area contributed by atoms with Gasteiger partial charge in [0.2, 0.25) is 10.0 Å². The highest BCUT2D eigenvalue weighted by Crippen LogP contribution is 2.27. The van der Waals surface area contributed by atoms with Crippen LogP contribution in [0.3, 0.4) is 0 Å². The lowest BCUT2D eigenvalue weighted by molar-refractivity contribution is -0.141. The number of halogens is 3. The molecule has 0 spiro atoms. The number of aromatic nitrogens is 1. The molecular weight excluding hydrogens is 297 g/mol. The predicted octanol–water partition coefficient (Wildman–Crippen LogP) is 1.56. The summed E-state index contributed by atoms with van der Waals surface area (Å²) in [4.78, 5) is 2.83. The Morgan fingerprint density at radius 1 is 1.40 bits per heavy atom. The average molecular weight is 310 g/mol. The highest BCUT2D eigenvalue weighted by Gasteiger charge is 2.33. The number of ether oxygens (including phenoxy) is 1. The van der Waals surface area contributed by atoms with E-state index < -0.39 is 21.9 Å². The van der Waals surface area contributed by atoms with Crippen molar-refractivity contribution >= 4 is 10.0 Å². The van der Waals surface area contributed by atoms with Gasteiger partial charge in [0.05, 0.1) is 12.1 Å². The van der Waals surface area contributed by atoms with E-state index in [1.165, 1.54) is 0 Å². The van der Waals surface area contributed by atoms with Crippen LogP contribution < -0.4 is 4.72 Å². The van der Waals surface area contributed by atoms with Gasteiger partial charge < -0.3 is 4.74 Å². The Morgan fingerprint density at radius 2 is 2.10 bits per heavy atom. The van der Waals surface area contributed by atoms with Gasteiger partial charge in [-0.25, -0.2) is 13.1 Å². The molecule has 0 bridgehead atoms. The Kier molecular flexibility index (Phi) is 4.03. The molecule has 112 valence electrons. The van der Waals surface area contributed by atoms with Crippen molar-refractivity contribution < 1.29 is 26.3 Å². The maximum absolute atomic E-state index is 12.4. The number of hydrogen-bond donors (Lipinski definition) is 1. The van der Waals surface area contributed by atoms with Crippen LogP contribution in [0, 0.1) is 0 Å². The maximum atomic E-state index is 12.4. The second-order valence-electron chi connectivity index (χ2n) is 4.47. The molecule has 1 N–H and O–H groups in total. The van der Waals surface area contributed by atoms with Gasteiger partial charge in [-0.1, -0.05) is 0 Å². The average Bonchev–Trinajstić information content (AvgIpc) is 2.73. The van der Waals surface area contributed by atoms with Crippen molar-refractivity contribution in [2.45, 2.75) is 36.6 Å². The van der Waals surface area contributed by atoms with Crippen LogP contribution in [0.25, 0.3) is 0 Å². The molecular formula is C11H13F3N2O3S. The summed E-state index contributed by atoms with van der Waals surface area (Å²) in [5.41, 5.74) is -1.13. The second-order valence-corrected chi connectivity index (χ2v) is 6.18. The van der Waals surface area contributed by atoms with Crippen LogP contribution in [0.4, 0.5) is 13.2 Å². The normalized spacial score (nSPS) is 24.0. The quantitative estimate of drug-likeness (QED) is 0.920. The molecule has 0 aromatic carbocycles. The summed E-state index contributed by atoms with van der Waals surface area (Å²) < 4.78 is 68.7. The van der Waals surface area contributed by atoms with Crippen molar-refractivity contribution in [3.05, 3.63) is 24.0 Å². The van der Waals surface area contributed by atoms with E-state index in [0.29, 0.717) is 25.3 Å². The number of sulfonamides is 1. The maximum Gasteiger partial charge on any atom is 0.433 e. The summed E-state index contributed by atoms with van der Waals surface area (Å²) in [6.45, 7) is 2.17. The SMILES string of the molecule is C[C@H]1OCC[C@H]1NS(=O)(=O)c1ccc(C(F)(F)F)nc1. The molecule has 1 fully saturated rings. The van der Waals surface area contributed by atoms with Crippen LogP contribution in [-0.2, 0) is 20.9 Å². The standard InChI is InChI=1S/C11H13F3N2O3S/c1-7-9(4-5-19-7)16-20(17,18)8-2-3-10(15-6-8)11(12,13)14/h2-3,6-7,9,16H,4-5H2,1H3/t7-,9-/m1/s1. The van der Waals surface area contributed by atoms with Crippen LogP contribution in [0.1, 0.15) is 19.0 Å². The fourth-order valence-electron chi connectivity index (χ4n) is 1.86. The number of nitrogens with one attached hydrogen (secondary N) is 1. The molecule has 0 amide bonds. The van der Waals surface area contributed by atoms with Crippen LogP contribution in [0.15, 0.2) is 23.2 Å². The van der Waals surface area contributed by atoms with Crippen molar-refractivity contribution in [3.8, 4) is 0 Å². The summed E-state index contributed by atoms with van der Waals surface area (Å²) in [7, 11) is -3.90. The number of hydrogen-bond acceptors (Lipinski definition) is 4. The fourth-order valence-corrected chi connectivity index (χ4v) is 3.14. The number of nitrogens with zero attached hydrogens (tertiary/aromatic N) is 1. The first-order valence-corrected chi connectivity index (χ1v) is 7.35. The van der Waals surface area contributed by atoms with Gasteiger partial charge in [-0.3, -0.25) is 4.98 Å². The Labute approximate surface area is 114 Å². The predicted molar refractivity (Wildman–Crippen MR) is 63.4 cm³/mol. The van der Waals surface area contributed by atoms with Gasteiger partial charge >= 0.3 is 6.18 Å². The molecule has 1 saturated heterocycles. The Bertz CT molecular complexity index is 572. The minimum absolute atomic E-state index is 0.271. The first-order chi connectivity index (χ1) is 9.20. The largest absolute Gasteiger partial charge is 0.433 e. The summed E-state index contributed by atoms with van der Waals surface area (Å²) in [5.74, 6) is 0. The minimum atomic E-state index is -4.59. The lowest BCUT2D eigenvalue weighted by atomic mass is 10.2. The summed E-state index contributed by atoms with van der Waals surface area (Å²) in [5, 5.41) is 0. The van der Waals surface area contributed by atoms with Crippen LogP contribution in [-0.4, -0.2) is 32.2 Å². The number of pyridine rings is 1. The zero-order valence-corrected chi connectivity index (χ0v) is 11.3. The van der Waals surface area contributed by atoms with Crippen LogP contribution in [0.2, 0.25) is 0 Å². The molecule has 1 aliphatic heterocycles. The van der Waals surface area contributed by atoms with Crippen molar-refractivity contribution in [2.75, 3.05) is 6.61 Å². The number of alkyl halides is 3. The number of rotatable bonds is 3. The molecule has 0 radical (unpaired) electrons. The highest BCUT2D eigenvalue weighted by atomic mass is 32.2. The third-order valence-corrected chi connectivity index (χ3v) is 4.49. The minimum Gasteiger partial charge on any atom is -0.377 e. The van der Waals surface area contributed by atoms with Gasteiger partial charge in [0, 0.05) is 12.8 Å². The molecule has 0 unspecified atom stereocenters.